The van der Waals surface area contributed by atoms with Crippen LogP contribution in [0.4, 0.5) is 5.82 Å². The number of rotatable bonds is 4. The number of primary amides is 1. The summed E-state index contributed by atoms with van der Waals surface area (Å²) in [7, 11) is 0. The van der Waals surface area contributed by atoms with E-state index in [1.54, 1.807) is 0 Å². The van der Waals surface area contributed by atoms with Gasteiger partial charge in [-0.3, -0.25) is 4.79 Å². The molecule has 0 saturated carbocycles. The summed E-state index contributed by atoms with van der Waals surface area (Å²) in [4.78, 5) is 23.7. The lowest BCUT2D eigenvalue weighted by atomic mass is 10.0. The van der Waals surface area contributed by atoms with Crippen molar-refractivity contribution >= 4 is 22.8 Å². The largest absolute Gasteiger partial charge is 0.383 e. The molecule has 1 atom stereocenters. The first kappa shape index (κ1) is 19.9. The normalized spacial score (nSPS) is 17.2. The van der Waals surface area contributed by atoms with Gasteiger partial charge in [-0.2, -0.15) is 5.10 Å². The molecule has 8 heteroatoms. The van der Waals surface area contributed by atoms with Crippen LogP contribution < -0.4 is 11.5 Å². The predicted octanol–water partition coefficient (Wildman–Crippen LogP) is 2.96. The number of anilines is 1. The minimum atomic E-state index is -0.630. The number of piperidine rings is 1. The number of aromatic nitrogens is 4. The number of likely N-dealkylation sites (tertiary alicyclic amines) is 1. The van der Waals surface area contributed by atoms with E-state index in [4.69, 9.17) is 16.5 Å². The number of aryl methyl sites for hydroxylation is 1. The number of hydrogen-bond donors (Lipinski definition) is 2. The van der Waals surface area contributed by atoms with E-state index >= 15 is 0 Å². The van der Waals surface area contributed by atoms with Crippen molar-refractivity contribution in [3.05, 3.63) is 47.3 Å². The second-order valence-electron chi connectivity index (χ2n) is 7.81. The smallest absolute Gasteiger partial charge is 0.270 e. The van der Waals surface area contributed by atoms with Gasteiger partial charge in [0.2, 0.25) is 0 Å². The van der Waals surface area contributed by atoms with E-state index < -0.39 is 5.91 Å². The van der Waals surface area contributed by atoms with Crippen LogP contribution >= 0.6 is 0 Å². The van der Waals surface area contributed by atoms with E-state index in [1.807, 2.05) is 49.7 Å². The van der Waals surface area contributed by atoms with E-state index in [2.05, 4.69) is 21.2 Å². The average molecular weight is 406 g/mol. The van der Waals surface area contributed by atoms with E-state index in [0.717, 1.165) is 42.6 Å². The molecule has 2 aromatic heterocycles. The summed E-state index contributed by atoms with van der Waals surface area (Å²) in [5, 5.41) is 4.98. The number of nitrogens with two attached hydrogens (primary N) is 2. The van der Waals surface area contributed by atoms with Crippen molar-refractivity contribution in [1.82, 2.24) is 24.6 Å². The van der Waals surface area contributed by atoms with Crippen LogP contribution in [0.15, 0.2) is 30.5 Å². The Hall–Kier alpha value is -3.42. The standard InChI is InChI=1S/C22H27N7O/c1-4-10-28-11-6-8-15(12-28)29-22-17(18(27-29)20(24)30)19(23)25-21(26-22)16-9-5-7-13(2)14(16)3/h4-5,7,9-10,15H,6,8,11-12H2,1-3H3,(H2,24,30)(H2,23,25,26). The Morgan fingerprint density at radius 3 is 2.80 bits per heavy atom. The van der Waals surface area contributed by atoms with Crippen molar-refractivity contribution in [1.29, 1.82) is 0 Å². The molecule has 4 rings (SSSR count). The van der Waals surface area contributed by atoms with E-state index in [0.29, 0.717) is 16.9 Å². The van der Waals surface area contributed by atoms with Gasteiger partial charge in [0.1, 0.15) is 5.82 Å². The zero-order valence-corrected chi connectivity index (χ0v) is 17.6. The topological polar surface area (TPSA) is 116 Å². The van der Waals surface area contributed by atoms with Crippen molar-refractivity contribution < 1.29 is 4.79 Å². The molecule has 156 valence electrons. The van der Waals surface area contributed by atoms with Gasteiger partial charge in [-0.05, 0) is 50.9 Å². The molecule has 1 unspecified atom stereocenters. The summed E-state index contributed by atoms with van der Waals surface area (Å²) in [6, 6.07) is 6.07. The number of carbonyl (C=O) groups is 1. The number of fused-ring (bicyclic) bond motifs is 1. The van der Waals surface area contributed by atoms with Gasteiger partial charge >= 0.3 is 0 Å². The van der Waals surface area contributed by atoms with Crippen LogP contribution in [0.3, 0.4) is 0 Å². The fourth-order valence-corrected chi connectivity index (χ4v) is 4.13. The highest BCUT2D eigenvalue weighted by Crippen LogP contribution is 2.32. The van der Waals surface area contributed by atoms with Crippen LogP contribution in [0.25, 0.3) is 22.4 Å². The van der Waals surface area contributed by atoms with Crippen LogP contribution in [0, 0.1) is 13.8 Å². The Morgan fingerprint density at radius 2 is 2.07 bits per heavy atom. The zero-order valence-electron chi connectivity index (χ0n) is 17.6. The number of allylic oxidation sites excluding steroid dienone is 1. The first-order chi connectivity index (χ1) is 14.4. The number of carbonyl (C=O) groups excluding carboxylic acids is 1. The summed E-state index contributed by atoms with van der Waals surface area (Å²) < 4.78 is 1.82. The SMILES string of the molecule is CC=CN1CCCC(n2nc(C(N)=O)c3c(N)nc(-c4cccc(C)c4C)nc32)C1. The molecule has 0 radical (unpaired) electrons. The van der Waals surface area contributed by atoms with Crippen molar-refractivity contribution in [3.63, 3.8) is 0 Å². The predicted molar refractivity (Wildman–Crippen MR) is 118 cm³/mol. The summed E-state index contributed by atoms with van der Waals surface area (Å²) in [6.45, 7) is 7.86. The lowest BCUT2D eigenvalue weighted by Gasteiger charge is -2.32. The number of nitrogens with zero attached hydrogens (tertiary/aromatic N) is 5. The van der Waals surface area contributed by atoms with Crippen LogP contribution in [-0.4, -0.2) is 43.6 Å². The third-order valence-electron chi connectivity index (χ3n) is 5.79. The highest BCUT2D eigenvalue weighted by Gasteiger charge is 2.27. The molecule has 1 aliphatic rings. The lowest BCUT2D eigenvalue weighted by Crippen LogP contribution is -2.33. The highest BCUT2D eigenvalue weighted by atomic mass is 16.1. The molecule has 0 bridgehead atoms. The van der Waals surface area contributed by atoms with E-state index in [9.17, 15) is 4.79 Å². The van der Waals surface area contributed by atoms with E-state index in [1.165, 1.54) is 0 Å². The van der Waals surface area contributed by atoms with Gasteiger partial charge in [-0.15, -0.1) is 0 Å². The van der Waals surface area contributed by atoms with Crippen LogP contribution in [0.2, 0.25) is 0 Å². The highest BCUT2D eigenvalue weighted by molar-refractivity contribution is 6.07. The average Bonchev–Trinajstić information content (AvgIpc) is 3.11. The Labute approximate surface area is 175 Å². The molecule has 1 aromatic carbocycles. The minimum Gasteiger partial charge on any atom is -0.383 e. The molecule has 0 spiro atoms. The maximum absolute atomic E-state index is 12.1. The molecule has 3 aromatic rings. The maximum atomic E-state index is 12.1. The first-order valence-corrected chi connectivity index (χ1v) is 10.2. The molecular formula is C22H27N7O. The second kappa shape index (κ2) is 7.78. The second-order valence-corrected chi connectivity index (χ2v) is 7.81. The Kier molecular flexibility index (Phi) is 5.15. The molecule has 1 amide bonds. The van der Waals surface area contributed by atoms with Gasteiger partial charge in [-0.1, -0.05) is 24.3 Å². The van der Waals surface area contributed by atoms with Crippen molar-refractivity contribution in [2.75, 3.05) is 18.8 Å². The monoisotopic (exact) mass is 405 g/mol. The molecule has 1 fully saturated rings. The number of hydrogen-bond acceptors (Lipinski definition) is 6. The Bertz CT molecular complexity index is 1150. The summed E-state index contributed by atoms with van der Waals surface area (Å²) in [5.74, 6) is 0.117. The van der Waals surface area contributed by atoms with Gasteiger partial charge in [0.25, 0.3) is 5.91 Å². The summed E-state index contributed by atoms with van der Waals surface area (Å²) in [6.07, 6.45) is 6.06. The molecule has 3 heterocycles. The molecular weight excluding hydrogens is 378 g/mol. The fraction of sp³-hybridized carbons (Fsp3) is 0.364. The van der Waals surface area contributed by atoms with Gasteiger partial charge in [-0.25, -0.2) is 14.6 Å². The van der Waals surface area contributed by atoms with Gasteiger partial charge < -0.3 is 16.4 Å². The maximum Gasteiger partial charge on any atom is 0.270 e. The van der Waals surface area contributed by atoms with Crippen LogP contribution in [-0.2, 0) is 0 Å². The van der Waals surface area contributed by atoms with Crippen molar-refractivity contribution in [2.24, 2.45) is 5.73 Å². The Balaban J connectivity index is 1.91. The number of amides is 1. The molecule has 8 nitrogen and oxygen atoms in total. The van der Waals surface area contributed by atoms with Gasteiger partial charge in [0.05, 0.1) is 11.4 Å². The van der Waals surface area contributed by atoms with Gasteiger partial charge in [0, 0.05) is 18.7 Å². The molecule has 4 N–H and O–H groups in total. The lowest BCUT2D eigenvalue weighted by molar-refractivity contribution is 0.0995. The Morgan fingerprint density at radius 1 is 1.27 bits per heavy atom. The quantitative estimate of drug-likeness (QED) is 0.689. The fourth-order valence-electron chi connectivity index (χ4n) is 4.13. The zero-order chi connectivity index (χ0) is 21.4. The van der Waals surface area contributed by atoms with Gasteiger partial charge in [0.15, 0.2) is 17.2 Å². The van der Waals surface area contributed by atoms with Crippen molar-refractivity contribution in [3.8, 4) is 11.4 Å². The summed E-state index contributed by atoms with van der Waals surface area (Å²) >= 11 is 0. The summed E-state index contributed by atoms with van der Waals surface area (Å²) in [5.41, 5.74) is 15.7. The third-order valence-corrected chi connectivity index (χ3v) is 5.79. The molecule has 1 saturated heterocycles. The van der Waals surface area contributed by atoms with Crippen LogP contribution in [0.5, 0.6) is 0 Å². The molecule has 30 heavy (non-hydrogen) atoms. The first-order valence-electron chi connectivity index (χ1n) is 10.2. The van der Waals surface area contributed by atoms with Crippen molar-refractivity contribution in [2.45, 2.75) is 39.7 Å². The van der Waals surface area contributed by atoms with E-state index in [-0.39, 0.29) is 17.6 Å². The van der Waals surface area contributed by atoms with Crippen LogP contribution in [0.1, 0.15) is 47.4 Å². The number of benzene rings is 1. The minimum absolute atomic E-state index is 0.0614. The molecule has 1 aliphatic heterocycles. The third kappa shape index (κ3) is 3.38. The molecule has 0 aliphatic carbocycles. The number of nitrogen functional groups attached to an aromatic ring is 1.